The van der Waals surface area contributed by atoms with Gasteiger partial charge in [0.2, 0.25) is 0 Å². The van der Waals surface area contributed by atoms with Crippen LogP contribution in [-0.2, 0) is 22.2 Å². The second kappa shape index (κ2) is 9.80. The Morgan fingerprint density at radius 1 is 1.00 bits per heavy atom. The van der Waals surface area contributed by atoms with Gasteiger partial charge in [0.25, 0.3) is 5.56 Å². The summed E-state index contributed by atoms with van der Waals surface area (Å²) in [5.41, 5.74) is -3.08. The van der Waals surface area contributed by atoms with Crippen molar-refractivity contribution in [2.75, 3.05) is 13.2 Å². The molecule has 0 spiro atoms. The fourth-order valence-corrected chi connectivity index (χ4v) is 3.21. The highest BCUT2D eigenvalue weighted by molar-refractivity contribution is 7.46. The summed E-state index contributed by atoms with van der Waals surface area (Å²) in [6.07, 6.45) is -4.90. The number of aryl methyl sites for hydroxylation is 1. The van der Waals surface area contributed by atoms with Crippen LogP contribution in [0.25, 0.3) is 11.2 Å². The first-order valence-corrected chi connectivity index (χ1v) is 10.3. The summed E-state index contributed by atoms with van der Waals surface area (Å²) in [4.78, 5) is 58.1. The van der Waals surface area contributed by atoms with Crippen molar-refractivity contribution in [2.45, 2.75) is 44.2 Å². The Morgan fingerprint density at radius 3 is 2.27 bits per heavy atom. The van der Waals surface area contributed by atoms with Crippen molar-refractivity contribution in [2.24, 2.45) is 0 Å². The highest BCUT2D eigenvalue weighted by atomic mass is 31.2. The molecule has 0 saturated heterocycles. The van der Waals surface area contributed by atoms with Crippen LogP contribution >= 0.6 is 7.82 Å². The van der Waals surface area contributed by atoms with Gasteiger partial charge < -0.3 is 30.2 Å². The zero-order chi connectivity index (χ0) is 22.6. The second-order valence-electron chi connectivity index (χ2n) is 6.49. The third-order valence-corrected chi connectivity index (χ3v) is 4.80. The molecule has 0 aliphatic heterocycles. The van der Waals surface area contributed by atoms with Gasteiger partial charge in [-0.2, -0.15) is 0 Å². The number of H-pyrrole nitrogens is 2. The molecule has 0 fully saturated rings. The minimum absolute atomic E-state index is 0.0834. The fourth-order valence-electron chi connectivity index (χ4n) is 2.84. The van der Waals surface area contributed by atoms with Crippen molar-refractivity contribution in [1.29, 1.82) is 0 Å². The maximum absolute atomic E-state index is 12.8. The molecule has 0 saturated carbocycles. The second-order valence-corrected chi connectivity index (χ2v) is 7.73. The molecule has 0 radical (unpaired) electrons. The Kier molecular flexibility index (Phi) is 7.90. The van der Waals surface area contributed by atoms with Gasteiger partial charge in [-0.25, -0.2) is 14.2 Å². The van der Waals surface area contributed by atoms with Crippen LogP contribution in [0, 0.1) is 0 Å². The molecule has 2 rings (SSSR count). The lowest BCUT2D eigenvalue weighted by molar-refractivity contribution is -0.0806. The van der Waals surface area contributed by atoms with E-state index in [1.807, 2.05) is 4.98 Å². The van der Waals surface area contributed by atoms with Gasteiger partial charge in [-0.05, 0) is 12.8 Å². The normalized spacial score (nSPS) is 15.4. The van der Waals surface area contributed by atoms with Crippen molar-refractivity contribution in [3.05, 3.63) is 31.3 Å². The summed E-state index contributed by atoms with van der Waals surface area (Å²) >= 11 is 0. The highest BCUT2D eigenvalue weighted by Gasteiger charge is 2.27. The molecule has 0 aliphatic carbocycles. The van der Waals surface area contributed by atoms with E-state index in [0.717, 1.165) is 9.13 Å². The molecule has 8 N–H and O–H groups in total. The van der Waals surface area contributed by atoms with Crippen LogP contribution < -0.4 is 16.9 Å². The zero-order valence-electron chi connectivity index (χ0n) is 15.5. The average Bonchev–Trinajstić information content (AvgIpc) is 2.91. The molecule has 16 heteroatoms. The number of phosphoric ester groups is 1. The summed E-state index contributed by atoms with van der Waals surface area (Å²) in [6, 6.07) is 0. The lowest BCUT2D eigenvalue weighted by Crippen LogP contribution is -2.43. The van der Waals surface area contributed by atoms with E-state index in [9.17, 15) is 34.3 Å². The molecule has 2 heterocycles. The van der Waals surface area contributed by atoms with E-state index in [0.29, 0.717) is 0 Å². The van der Waals surface area contributed by atoms with Crippen LogP contribution in [-0.4, -0.2) is 80.8 Å². The van der Waals surface area contributed by atoms with Gasteiger partial charge in [0.05, 0.1) is 19.8 Å². The first kappa shape index (κ1) is 24.2. The summed E-state index contributed by atoms with van der Waals surface area (Å²) in [5, 5.41) is 38.2. The van der Waals surface area contributed by atoms with Gasteiger partial charge in [-0.1, -0.05) is 0 Å². The predicted octanol–water partition coefficient (Wildman–Crippen LogP) is -3.86. The SMILES string of the molecule is O=c1[nH]c(=O)c2c([nH]1)n(C[C@H](O)[C@H](O)[C@H](O)CO)c(=O)n2CCCCOP(=O)(O)O. The molecule has 0 bridgehead atoms. The molecule has 30 heavy (non-hydrogen) atoms. The fraction of sp³-hybridized carbons (Fsp3) is 0.643. The van der Waals surface area contributed by atoms with Crippen molar-refractivity contribution >= 4 is 19.0 Å². The minimum Gasteiger partial charge on any atom is -0.394 e. The highest BCUT2D eigenvalue weighted by Crippen LogP contribution is 2.35. The Hall–Kier alpha value is -2.10. The number of aromatic amines is 2. The van der Waals surface area contributed by atoms with E-state index in [1.165, 1.54) is 0 Å². The monoisotopic (exact) mass is 454 g/mol. The van der Waals surface area contributed by atoms with Crippen LogP contribution in [0.3, 0.4) is 0 Å². The number of nitrogens with zero attached hydrogens (tertiary/aromatic N) is 2. The third kappa shape index (κ3) is 5.74. The maximum atomic E-state index is 12.8. The van der Waals surface area contributed by atoms with Crippen LogP contribution in [0.2, 0.25) is 0 Å². The summed E-state index contributed by atoms with van der Waals surface area (Å²) in [5.74, 6) is 0. The number of hydrogen-bond acceptors (Lipinski definition) is 9. The first-order chi connectivity index (χ1) is 14.0. The van der Waals surface area contributed by atoms with E-state index < -0.39 is 56.2 Å². The molecule has 170 valence electrons. The topological polar surface area (TPSA) is 240 Å². The van der Waals surface area contributed by atoms with Crippen LogP contribution in [0.5, 0.6) is 0 Å². The number of fused-ring (bicyclic) bond motifs is 1. The number of aromatic nitrogens is 4. The number of imidazole rings is 1. The summed E-state index contributed by atoms with van der Waals surface area (Å²) in [7, 11) is -4.63. The van der Waals surface area contributed by atoms with Crippen molar-refractivity contribution in [3.8, 4) is 0 Å². The van der Waals surface area contributed by atoms with Gasteiger partial charge in [-0.15, -0.1) is 0 Å². The molecule has 15 nitrogen and oxygen atoms in total. The smallest absolute Gasteiger partial charge is 0.394 e. The van der Waals surface area contributed by atoms with Crippen molar-refractivity contribution in [3.63, 3.8) is 0 Å². The quantitative estimate of drug-likeness (QED) is 0.121. The third-order valence-electron chi connectivity index (χ3n) is 4.28. The van der Waals surface area contributed by atoms with Crippen LogP contribution in [0.1, 0.15) is 12.8 Å². The number of phosphoric acid groups is 1. The van der Waals surface area contributed by atoms with Crippen LogP contribution in [0.4, 0.5) is 0 Å². The molecule has 0 unspecified atom stereocenters. The number of unbranched alkanes of at least 4 members (excludes halogenated alkanes) is 1. The maximum Gasteiger partial charge on any atom is 0.469 e. The van der Waals surface area contributed by atoms with E-state index >= 15 is 0 Å². The Morgan fingerprint density at radius 2 is 1.67 bits per heavy atom. The molecule has 0 aliphatic rings. The van der Waals surface area contributed by atoms with Gasteiger partial charge in [0.15, 0.2) is 5.52 Å². The van der Waals surface area contributed by atoms with E-state index in [2.05, 4.69) is 9.51 Å². The molecular formula is C14H23N4O11P. The number of rotatable bonds is 11. The zero-order valence-corrected chi connectivity index (χ0v) is 16.4. The van der Waals surface area contributed by atoms with E-state index in [-0.39, 0.29) is 37.2 Å². The molecule has 3 atom stereocenters. The molecule has 2 aromatic rings. The average molecular weight is 454 g/mol. The first-order valence-electron chi connectivity index (χ1n) is 8.77. The standard InChI is InChI=1S/C14H23N4O11P/c19-6-8(21)10(22)7(20)5-18-11-9(12(23)16-13(24)15-11)17(14(18)25)3-1-2-4-29-30(26,27)28/h7-8,10,19-22H,1-6H2,(H2,26,27,28)(H2,15,16,23,24)/t7-,8+,10-/m0/s1. The lowest BCUT2D eigenvalue weighted by atomic mass is 10.1. The number of aliphatic hydroxyl groups excluding tert-OH is 4. The molecule has 2 aromatic heterocycles. The van der Waals surface area contributed by atoms with Crippen molar-refractivity contribution in [1.82, 2.24) is 19.1 Å². The van der Waals surface area contributed by atoms with E-state index in [1.54, 1.807) is 0 Å². The number of nitrogens with one attached hydrogen (secondary N) is 2. The molecular weight excluding hydrogens is 431 g/mol. The van der Waals surface area contributed by atoms with Crippen molar-refractivity contribution < 1.29 is 39.3 Å². The Labute approximate surface area is 167 Å². The van der Waals surface area contributed by atoms with Gasteiger partial charge in [0.1, 0.15) is 24.0 Å². The summed E-state index contributed by atoms with van der Waals surface area (Å²) < 4.78 is 16.8. The van der Waals surface area contributed by atoms with Gasteiger partial charge in [-0.3, -0.25) is 28.4 Å². The van der Waals surface area contributed by atoms with Gasteiger partial charge in [0, 0.05) is 6.54 Å². The Balaban J connectivity index is 2.34. The number of hydrogen-bond donors (Lipinski definition) is 8. The predicted molar refractivity (Wildman–Crippen MR) is 99.8 cm³/mol. The van der Waals surface area contributed by atoms with E-state index in [4.69, 9.17) is 14.9 Å². The minimum atomic E-state index is -4.63. The largest absolute Gasteiger partial charge is 0.469 e. The van der Waals surface area contributed by atoms with Crippen LogP contribution in [0.15, 0.2) is 14.4 Å². The summed E-state index contributed by atoms with van der Waals surface area (Å²) in [6.45, 7) is -1.84. The molecule has 0 amide bonds. The van der Waals surface area contributed by atoms with Gasteiger partial charge >= 0.3 is 19.2 Å². The lowest BCUT2D eigenvalue weighted by Gasteiger charge is -2.21. The molecule has 0 aromatic carbocycles. The Bertz CT molecular complexity index is 1080. The number of aliphatic hydroxyl groups is 4.